The van der Waals surface area contributed by atoms with Crippen LogP contribution >= 0.6 is 11.6 Å². The zero-order valence-electron chi connectivity index (χ0n) is 9.46. The molecule has 0 spiro atoms. The van der Waals surface area contributed by atoms with Crippen LogP contribution in [-0.4, -0.2) is 20.1 Å². The van der Waals surface area contributed by atoms with Gasteiger partial charge in [0.25, 0.3) is 0 Å². The van der Waals surface area contributed by atoms with E-state index >= 15 is 0 Å². The topological polar surface area (TPSA) is 29.3 Å². The van der Waals surface area contributed by atoms with Gasteiger partial charge in [0.05, 0.1) is 0 Å². The molecule has 0 amide bonds. The van der Waals surface area contributed by atoms with Gasteiger partial charge in [0.1, 0.15) is 0 Å². The number of hydrogen-bond donors (Lipinski definition) is 1. The normalized spacial score (nSPS) is 10.4. The van der Waals surface area contributed by atoms with Crippen molar-refractivity contribution in [2.24, 2.45) is 5.73 Å². The van der Waals surface area contributed by atoms with Gasteiger partial charge in [-0.15, -0.1) is 0 Å². The van der Waals surface area contributed by atoms with E-state index in [9.17, 15) is 0 Å². The second kappa shape index (κ2) is 5.99. The Labute approximate surface area is 97.0 Å². The second-order valence-electron chi connectivity index (χ2n) is 3.80. The lowest BCUT2D eigenvalue weighted by molar-refractivity contribution is 0.727. The van der Waals surface area contributed by atoms with E-state index in [0.717, 1.165) is 36.5 Å². The predicted molar refractivity (Wildman–Crippen MR) is 67.7 cm³/mol. The summed E-state index contributed by atoms with van der Waals surface area (Å²) in [5, 5.41) is 0.832. The van der Waals surface area contributed by atoms with Crippen LogP contribution in [0.1, 0.15) is 18.4 Å². The van der Waals surface area contributed by atoms with Crippen molar-refractivity contribution < 1.29 is 0 Å². The number of nitrogens with zero attached hydrogens (tertiary/aromatic N) is 1. The van der Waals surface area contributed by atoms with E-state index < -0.39 is 0 Å². The predicted octanol–water partition coefficient (Wildman–Crippen LogP) is 2.82. The molecule has 0 unspecified atom stereocenters. The fraction of sp³-hybridized carbons (Fsp3) is 0.500. The van der Waals surface area contributed by atoms with E-state index in [2.05, 4.69) is 24.9 Å². The fourth-order valence-electron chi connectivity index (χ4n) is 1.62. The smallest absolute Gasteiger partial charge is 0.0455 e. The van der Waals surface area contributed by atoms with Crippen molar-refractivity contribution in [2.45, 2.75) is 19.8 Å². The van der Waals surface area contributed by atoms with Gasteiger partial charge in [-0.2, -0.15) is 0 Å². The molecule has 0 aliphatic carbocycles. The summed E-state index contributed by atoms with van der Waals surface area (Å²) in [7, 11) is 2.09. The highest BCUT2D eigenvalue weighted by Crippen LogP contribution is 2.25. The molecule has 2 N–H and O–H groups in total. The maximum absolute atomic E-state index is 6.07. The molecule has 0 aliphatic heterocycles. The Balaban J connectivity index is 2.65. The molecule has 1 aromatic rings. The van der Waals surface area contributed by atoms with Crippen LogP contribution in [0.4, 0.5) is 5.69 Å². The van der Waals surface area contributed by atoms with Crippen LogP contribution in [0.15, 0.2) is 18.2 Å². The molecule has 0 atom stereocenters. The van der Waals surface area contributed by atoms with Crippen LogP contribution in [0.25, 0.3) is 0 Å². The van der Waals surface area contributed by atoms with Crippen molar-refractivity contribution in [1.82, 2.24) is 0 Å². The lowest BCUT2D eigenvalue weighted by Crippen LogP contribution is -2.20. The van der Waals surface area contributed by atoms with Crippen LogP contribution in [0.3, 0.4) is 0 Å². The van der Waals surface area contributed by atoms with E-state index in [0.29, 0.717) is 0 Å². The van der Waals surface area contributed by atoms with E-state index in [1.807, 2.05) is 12.1 Å². The lowest BCUT2D eigenvalue weighted by atomic mass is 10.1. The summed E-state index contributed by atoms with van der Waals surface area (Å²) in [4.78, 5) is 2.23. The van der Waals surface area contributed by atoms with Gasteiger partial charge in [-0.3, -0.25) is 0 Å². The molecule has 0 bridgehead atoms. The minimum Gasteiger partial charge on any atom is -0.374 e. The summed E-state index contributed by atoms with van der Waals surface area (Å²) in [5.74, 6) is 0. The standard InChI is InChI=1S/C12H19ClN2/c1-10-11(13)6-5-7-12(10)15(2)9-4-3-8-14/h5-7H,3-4,8-9,14H2,1-2H3. The molecule has 84 valence electrons. The molecule has 0 aliphatic rings. The van der Waals surface area contributed by atoms with E-state index in [1.54, 1.807) is 0 Å². The molecule has 0 saturated heterocycles. The van der Waals surface area contributed by atoms with Gasteiger partial charge in [-0.05, 0) is 44.0 Å². The average molecular weight is 227 g/mol. The van der Waals surface area contributed by atoms with Gasteiger partial charge in [0.2, 0.25) is 0 Å². The average Bonchev–Trinajstić information content (AvgIpc) is 2.22. The van der Waals surface area contributed by atoms with Gasteiger partial charge < -0.3 is 10.6 Å². The molecule has 1 aromatic carbocycles. The zero-order valence-corrected chi connectivity index (χ0v) is 10.2. The third kappa shape index (κ3) is 3.40. The highest BCUT2D eigenvalue weighted by molar-refractivity contribution is 6.31. The number of rotatable bonds is 5. The van der Waals surface area contributed by atoms with Crippen LogP contribution in [0.2, 0.25) is 5.02 Å². The molecule has 0 radical (unpaired) electrons. The largest absolute Gasteiger partial charge is 0.374 e. The Morgan fingerprint density at radius 2 is 2.07 bits per heavy atom. The Bertz CT molecular complexity index is 312. The summed E-state index contributed by atoms with van der Waals surface area (Å²) in [6, 6.07) is 6.02. The molecule has 0 heterocycles. The Hall–Kier alpha value is -0.730. The first kappa shape index (κ1) is 12.3. The Morgan fingerprint density at radius 3 is 2.73 bits per heavy atom. The van der Waals surface area contributed by atoms with E-state index in [4.69, 9.17) is 17.3 Å². The van der Waals surface area contributed by atoms with Crippen molar-refractivity contribution in [3.8, 4) is 0 Å². The highest BCUT2D eigenvalue weighted by Gasteiger charge is 2.05. The van der Waals surface area contributed by atoms with Gasteiger partial charge in [0.15, 0.2) is 0 Å². The van der Waals surface area contributed by atoms with Crippen molar-refractivity contribution >= 4 is 17.3 Å². The van der Waals surface area contributed by atoms with Crippen molar-refractivity contribution in [1.29, 1.82) is 0 Å². The zero-order chi connectivity index (χ0) is 11.3. The number of benzene rings is 1. The molecule has 0 aromatic heterocycles. The van der Waals surface area contributed by atoms with Gasteiger partial charge >= 0.3 is 0 Å². The summed E-state index contributed by atoms with van der Waals surface area (Å²) in [5.41, 5.74) is 7.82. The molecule has 1 rings (SSSR count). The summed E-state index contributed by atoms with van der Waals surface area (Å²) < 4.78 is 0. The maximum atomic E-state index is 6.07. The van der Waals surface area contributed by atoms with Crippen LogP contribution < -0.4 is 10.6 Å². The monoisotopic (exact) mass is 226 g/mol. The quantitative estimate of drug-likeness (QED) is 0.783. The number of nitrogens with two attached hydrogens (primary N) is 1. The third-order valence-corrected chi connectivity index (χ3v) is 3.01. The van der Waals surface area contributed by atoms with Crippen LogP contribution in [0, 0.1) is 6.92 Å². The fourth-order valence-corrected chi connectivity index (χ4v) is 1.79. The van der Waals surface area contributed by atoms with Gasteiger partial charge in [0, 0.05) is 24.3 Å². The molecule has 0 fully saturated rings. The highest BCUT2D eigenvalue weighted by atomic mass is 35.5. The van der Waals surface area contributed by atoms with Crippen LogP contribution in [-0.2, 0) is 0 Å². The summed E-state index contributed by atoms with van der Waals surface area (Å²) in [6.45, 7) is 3.85. The molecular weight excluding hydrogens is 208 g/mol. The van der Waals surface area contributed by atoms with E-state index in [1.165, 1.54) is 5.69 Å². The van der Waals surface area contributed by atoms with E-state index in [-0.39, 0.29) is 0 Å². The molecule has 15 heavy (non-hydrogen) atoms. The number of anilines is 1. The summed E-state index contributed by atoms with van der Waals surface area (Å²) >= 11 is 6.07. The first-order chi connectivity index (χ1) is 7.16. The molecule has 2 nitrogen and oxygen atoms in total. The first-order valence-corrected chi connectivity index (χ1v) is 5.71. The van der Waals surface area contributed by atoms with Crippen LogP contribution in [0.5, 0.6) is 0 Å². The SMILES string of the molecule is Cc1c(Cl)cccc1N(C)CCCCN. The minimum atomic E-state index is 0.766. The maximum Gasteiger partial charge on any atom is 0.0455 e. The van der Waals surface area contributed by atoms with Crippen molar-refractivity contribution in [3.05, 3.63) is 28.8 Å². The Morgan fingerprint density at radius 1 is 1.33 bits per heavy atom. The second-order valence-corrected chi connectivity index (χ2v) is 4.21. The van der Waals surface area contributed by atoms with Gasteiger partial charge in [-0.1, -0.05) is 17.7 Å². The van der Waals surface area contributed by atoms with Crippen molar-refractivity contribution in [3.63, 3.8) is 0 Å². The molecular formula is C12H19ClN2. The number of hydrogen-bond acceptors (Lipinski definition) is 2. The Kier molecular flexibility index (Phi) is 4.92. The summed E-state index contributed by atoms with van der Waals surface area (Å²) in [6.07, 6.45) is 2.20. The van der Waals surface area contributed by atoms with Crippen molar-refractivity contribution in [2.75, 3.05) is 25.0 Å². The lowest BCUT2D eigenvalue weighted by Gasteiger charge is -2.21. The number of unbranched alkanes of at least 4 members (excludes halogenated alkanes) is 1. The first-order valence-electron chi connectivity index (χ1n) is 5.33. The molecule has 3 heteroatoms. The van der Waals surface area contributed by atoms with Gasteiger partial charge in [-0.25, -0.2) is 0 Å². The molecule has 0 saturated carbocycles. The third-order valence-electron chi connectivity index (χ3n) is 2.60. The number of halogens is 1. The minimum absolute atomic E-state index is 0.766.